The Labute approximate surface area is 163 Å². The minimum Gasteiger partial charge on any atom is -0.772 e. The second-order valence-electron chi connectivity index (χ2n) is 6.01. The molecule has 2 heterocycles. The van der Waals surface area contributed by atoms with Crippen LogP contribution in [0.5, 0.6) is 0 Å². The van der Waals surface area contributed by atoms with Gasteiger partial charge in [0.15, 0.2) is 5.69 Å². The molecule has 4 rings (SSSR count). The number of benzene rings is 2. The van der Waals surface area contributed by atoms with Gasteiger partial charge in [-0.3, -0.25) is 9.00 Å². The minimum absolute atomic E-state index is 0.138. The topological polar surface area (TPSA) is 92.8 Å². The molecule has 28 heavy (non-hydrogen) atoms. The van der Waals surface area contributed by atoms with E-state index < -0.39 is 11.1 Å². The van der Waals surface area contributed by atoms with Gasteiger partial charge in [-0.05, 0) is 29.8 Å². The molecule has 0 saturated carbocycles. The van der Waals surface area contributed by atoms with E-state index in [0.717, 1.165) is 5.69 Å². The van der Waals surface area contributed by atoms with Crippen molar-refractivity contribution in [1.29, 1.82) is 0 Å². The van der Waals surface area contributed by atoms with Crippen LogP contribution in [0.1, 0.15) is 5.56 Å². The van der Waals surface area contributed by atoms with E-state index in [1.54, 1.807) is 41.2 Å². The van der Waals surface area contributed by atoms with Gasteiger partial charge < -0.3 is 4.55 Å². The lowest BCUT2D eigenvalue weighted by Gasteiger charge is -2.14. The molecule has 0 aliphatic carbocycles. The van der Waals surface area contributed by atoms with Crippen LogP contribution in [-0.2, 0) is 16.8 Å². The molecule has 8 heteroatoms. The summed E-state index contributed by atoms with van der Waals surface area (Å²) in [5, 5.41) is 8.79. The van der Waals surface area contributed by atoms with E-state index in [1.165, 1.54) is 16.9 Å². The summed E-state index contributed by atoms with van der Waals surface area (Å²) >= 11 is -2.24. The Balaban J connectivity index is 1.84. The minimum atomic E-state index is -2.24. The quantitative estimate of drug-likeness (QED) is 0.487. The van der Waals surface area contributed by atoms with E-state index in [1.807, 2.05) is 30.3 Å². The smallest absolute Gasteiger partial charge is 0.209 e. The molecule has 0 aliphatic rings. The van der Waals surface area contributed by atoms with Gasteiger partial charge in [0.2, 0.25) is 5.43 Å². The molecule has 0 bridgehead atoms. The monoisotopic (exact) mass is 391 g/mol. The van der Waals surface area contributed by atoms with E-state index in [2.05, 4.69) is 10.2 Å². The van der Waals surface area contributed by atoms with Crippen molar-refractivity contribution in [1.82, 2.24) is 19.6 Å². The normalized spacial score (nSPS) is 12.0. The SMILES string of the molecule is O=c1ccn(-c2ccccc2CS(=O)[O-])nc1-c1ccnn1-c1ccccc1. The molecular weight excluding hydrogens is 376 g/mol. The number of aromatic nitrogens is 4. The summed E-state index contributed by atoms with van der Waals surface area (Å²) in [6.45, 7) is 0. The molecular formula is C20H15N4O3S-. The van der Waals surface area contributed by atoms with Crippen LogP contribution in [-0.4, -0.2) is 28.3 Å². The zero-order valence-corrected chi connectivity index (χ0v) is 15.5. The second kappa shape index (κ2) is 7.71. The van der Waals surface area contributed by atoms with Gasteiger partial charge in [-0.25, -0.2) is 9.36 Å². The zero-order chi connectivity index (χ0) is 19.5. The van der Waals surface area contributed by atoms with E-state index in [0.29, 0.717) is 16.9 Å². The molecule has 140 valence electrons. The fourth-order valence-corrected chi connectivity index (χ4v) is 3.46. The molecule has 0 saturated heterocycles. The summed E-state index contributed by atoms with van der Waals surface area (Å²) in [5.74, 6) is -0.138. The van der Waals surface area contributed by atoms with Crippen LogP contribution in [0.3, 0.4) is 0 Å². The van der Waals surface area contributed by atoms with Gasteiger partial charge in [-0.15, -0.1) is 0 Å². The molecule has 1 unspecified atom stereocenters. The summed E-state index contributed by atoms with van der Waals surface area (Å²) in [7, 11) is 0. The highest BCUT2D eigenvalue weighted by Gasteiger charge is 2.14. The number of hydrogen-bond acceptors (Lipinski definition) is 5. The van der Waals surface area contributed by atoms with Crippen LogP contribution in [0.4, 0.5) is 0 Å². The summed E-state index contributed by atoms with van der Waals surface area (Å²) < 4.78 is 25.5. The van der Waals surface area contributed by atoms with Crippen LogP contribution >= 0.6 is 0 Å². The van der Waals surface area contributed by atoms with Gasteiger partial charge in [-0.2, -0.15) is 10.2 Å². The first-order valence-corrected chi connectivity index (χ1v) is 9.72. The maximum atomic E-state index is 12.5. The molecule has 0 radical (unpaired) electrons. The molecule has 0 fully saturated rings. The van der Waals surface area contributed by atoms with Crippen molar-refractivity contribution in [3.05, 3.63) is 94.9 Å². The Hall–Kier alpha value is -3.36. The fourth-order valence-electron chi connectivity index (χ4n) is 2.96. The van der Waals surface area contributed by atoms with Crippen molar-refractivity contribution >= 4 is 11.1 Å². The number of nitrogens with zero attached hydrogens (tertiary/aromatic N) is 4. The highest BCUT2D eigenvalue weighted by molar-refractivity contribution is 7.78. The highest BCUT2D eigenvalue weighted by atomic mass is 32.2. The van der Waals surface area contributed by atoms with E-state index >= 15 is 0 Å². The lowest BCUT2D eigenvalue weighted by molar-refractivity contribution is 0.536. The first kappa shape index (κ1) is 18.0. The predicted molar refractivity (Wildman–Crippen MR) is 105 cm³/mol. The maximum absolute atomic E-state index is 12.5. The molecule has 2 aromatic carbocycles. The molecule has 0 N–H and O–H groups in total. The highest BCUT2D eigenvalue weighted by Crippen LogP contribution is 2.20. The van der Waals surface area contributed by atoms with Crippen LogP contribution in [0.15, 0.2) is 83.9 Å². The Bertz CT molecular complexity index is 1200. The molecule has 2 aromatic heterocycles. The van der Waals surface area contributed by atoms with E-state index in [-0.39, 0.29) is 16.9 Å². The zero-order valence-electron chi connectivity index (χ0n) is 14.6. The first-order valence-electron chi connectivity index (χ1n) is 8.47. The standard InChI is InChI=1S/C20H16N4O3S/c25-19-11-13-23(17-9-5-4-6-15(17)14-28(26)27)22-20(19)18-10-12-21-24(18)16-7-2-1-3-8-16/h1-13H,14H2,(H,26,27)/p-1. The molecule has 4 aromatic rings. The lowest BCUT2D eigenvalue weighted by atomic mass is 10.2. The van der Waals surface area contributed by atoms with Crippen molar-refractivity contribution in [2.75, 3.05) is 0 Å². The van der Waals surface area contributed by atoms with Gasteiger partial charge in [0, 0.05) is 18.0 Å². The van der Waals surface area contributed by atoms with E-state index in [9.17, 15) is 13.6 Å². The third-order valence-electron chi connectivity index (χ3n) is 4.21. The molecule has 0 aliphatic heterocycles. The molecule has 0 amide bonds. The van der Waals surface area contributed by atoms with Crippen LogP contribution in [0.2, 0.25) is 0 Å². The van der Waals surface area contributed by atoms with E-state index in [4.69, 9.17) is 0 Å². The average molecular weight is 391 g/mol. The van der Waals surface area contributed by atoms with Crippen molar-refractivity contribution in [2.45, 2.75) is 5.75 Å². The Morgan fingerprint density at radius 2 is 1.71 bits per heavy atom. The summed E-state index contributed by atoms with van der Waals surface area (Å²) in [4.78, 5) is 12.5. The Morgan fingerprint density at radius 1 is 0.964 bits per heavy atom. The first-order chi connectivity index (χ1) is 13.6. The molecule has 0 spiro atoms. The Morgan fingerprint density at radius 3 is 2.50 bits per heavy atom. The van der Waals surface area contributed by atoms with Crippen LogP contribution < -0.4 is 5.43 Å². The third kappa shape index (κ3) is 3.55. The van der Waals surface area contributed by atoms with Crippen molar-refractivity contribution in [3.63, 3.8) is 0 Å². The van der Waals surface area contributed by atoms with Gasteiger partial charge >= 0.3 is 0 Å². The summed E-state index contributed by atoms with van der Waals surface area (Å²) in [6, 6.07) is 19.6. The largest absolute Gasteiger partial charge is 0.772 e. The lowest BCUT2D eigenvalue weighted by Crippen LogP contribution is -2.15. The summed E-state index contributed by atoms with van der Waals surface area (Å²) in [6.07, 6.45) is 3.14. The third-order valence-corrected chi connectivity index (χ3v) is 4.75. The van der Waals surface area contributed by atoms with Crippen molar-refractivity contribution < 1.29 is 8.76 Å². The maximum Gasteiger partial charge on any atom is 0.209 e. The number of rotatable bonds is 5. The van der Waals surface area contributed by atoms with Gasteiger partial charge in [0.05, 0.1) is 23.3 Å². The van der Waals surface area contributed by atoms with Gasteiger partial charge in [0.25, 0.3) is 0 Å². The molecule has 1 atom stereocenters. The summed E-state index contributed by atoms with van der Waals surface area (Å²) in [5.41, 5.74) is 2.52. The van der Waals surface area contributed by atoms with Crippen molar-refractivity contribution in [3.8, 4) is 22.8 Å². The Kier molecular flexibility index (Phi) is 4.96. The number of para-hydroxylation sites is 2. The fraction of sp³-hybridized carbons (Fsp3) is 0.0500. The van der Waals surface area contributed by atoms with Crippen LogP contribution in [0, 0.1) is 0 Å². The average Bonchev–Trinajstić information content (AvgIpc) is 3.19. The predicted octanol–water partition coefficient (Wildman–Crippen LogP) is 2.46. The van der Waals surface area contributed by atoms with Crippen molar-refractivity contribution in [2.24, 2.45) is 0 Å². The molecule has 7 nitrogen and oxygen atoms in total. The number of hydrogen-bond donors (Lipinski definition) is 0. The van der Waals surface area contributed by atoms with Gasteiger partial charge in [-0.1, -0.05) is 47.5 Å². The second-order valence-corrected chi connectivity index (χ2v) is 6.91. The van der Waals surface area contributed by atoms with Crippen LogP contribution in [0.25, 0.3) is 22.8 Å². The van der Waals surface area contributed by atoms with Gasteiger partial charge in [0.1, 0.15) is 0 Å².